The van der Waals surface area contributed by atoms with E-state index < -0.39 is 35.4 Å². The van der Waals surface area contributed by atoms with Gasteiger partial charge in [-0.15, -0.1) is 0 Å². The Balaban J connectivity index is 0.752. The molecule has 63 heavy (non-hydrogen) atoms. The van der Waals surface area contributed by atoms with E-state index in [-0.39, 0.29) is 66.8 Å². The highest BCUT2D eigenvalue weighted by Crippen LogP contribution is 2.39. The summed E-state index contributed by atoms with van der Waals surface area (Å²) in [6.45, 7) is 2.44. The number of rotatable bonds is 11. The first kappa shape index (κ1) is 41.4. The van der Waals surface area contributed by atoms with Crippen LogP contribution in [0.2, 0.25) is 0 Å². The van der Waals surface area contributed by atoms with Gasteiger partial charge in [0, 0.05) is 75.2 Å². The number of fused-ring (bicyclic) bond motifs is 2. The van der Waals surface area contributed by atoms with Gasteiger partial charge in [0.25, 0.3) is 5.91 Å². The van der Waals surface area contributed by atoms with Crippen molar-refractivity contribution in [2.75, 3.05) is 41.7 Å². The summed E-state index contributed by atoms with van der Waals surface area (Å²) in [6.07, 6.45) is 5.19. The fourth-order valence-electron chi connectivity index (χ4n) is 8.93. The first-order chi connectivity index (χ1) is 30.4. The molecule has 1 atom stereocenters. The lowest BCUT2D eigenvalue weighted by Crippen LogP contribution is -2.52. The summed E-state index contributed by atoms with van der Waals surface area (Å²) in [5.41, 5.74) is 2.16. The second kappa shape index (κ2) is 17.1. The highest BCUT2D eigenvalue weighted by Gasteiger charge is 2.40. The van der Waals surface area contributed by atoms with Crippen LogP contribution >= 0.6 is 0 Å². The molecule has 9 rings (SSSR count). The Bertz CT molecular complexity index is 2600. The zero-order valence-corrected chi connectivity index (χ0v) is 34.0. The first-order valence-corrected chi connectivity index (χ1v) is 21.0. The molecule has 18 nitrogen and oxygen atoms in total. The molecule has 1 unspecified atom stereocenters. The van der Waals surface area contributed by atoms with E-state index in [0.717, 1.165) is 54.9 Å². The van der Waals surface area contributed by atoms with Crippen LogP contribution in [-0.4, -0.2) is 101 Å². The van der Waals surface area contributed by atoms with Crippen molar-refractivity contribution in [3.8, 4) is 11.5 Å². The standard InChI is InChI=1S/C42H43F3N12O6/c43-42(44,45)29-20-26(49-41(62)50-30-22-46-32-13-14-48-57(32)37(30)24-5-1-2-6-24)21-47-36(29)38-52-34(63-53-38)7-3-4-8-35(59)55-17-15-54(16-18-55)27-9-10-28-25(19-27)23-56(40(28)61)31-11-12-33(58)51-39(31)60/h9-10,13-14,19-22,24,31H,1-8,11-12,15-18,23H2,(H2,49,50,62)(H,51,58,60). The van der Waals surface area contributed by atoms with Crippen molar-refractivity contribution in [3.63, 3.8) is 0 Å². The molecule has 21 heteroatoms. The molecule has 3 N–H and O–H groups in total. The molecular formula is C42H43F3N12O6. The largest absolute Gasteiger partial charge is 0.418 e. The number of anilines is 3. The van der Waals surface area contributed by atoms with Crippen molar-refractivity contribution in [3.05, 3.63) is 77.2 Å². The van der Waals surface area contributed by atoms with Crippen LogP contribution in [0.15, 0.2) is 53.4 Å². The fraction of sp³-hybridized carbons (Fsp3) is 0.429. The van der Waals surface area contributed by atoms with Gasteiger partial charge in [-0.3, -0.25) is 24.5 Å². The number of hydrogen-bond donors (Lipinski definition) is 3. The molecule has 2 saturated heterocycles. The molecule has 1 saturated carbocycles. The van der Waals surface area contributed by atoms with Crippen LogP contribution in [0.1, 0.15) is 96.8 Å². The van der Waals surface area contributed by atoms with Crippen LogP contribution in [0.4, 0.5) is 35.0 Å². The molecule has 1 aromatic carbocycles. The molecule has 0 bridgehead atoms. The topological polar surface area (TPSA) is 213 Å². The predicted molar refractivity (Wildman–Crippen MR) is 218 cm³/mol. The zero-order valence-electron chi connectivity index (χ0n) is 34.0. The van der Waals surface area contributed by atoms with Crippen LogP contribution in [0.25, 0.3) is 17.2 Å². The van der Waals surface area contributed by atoms with E-state index in [2.05, 4.69) is 46.1 Å². The van der Waals surface area contributed by atoms with Crippen LogP contribution in [0.5, 0.6) is 0 Å². The van der Waals surface area contributed by atoms with E-state index in [1.54, 1.807) is 27.7 Å². The minimum atomic E-state index is -4.86. The van der Waals surface area contributed by atoms with E-state index in [1.807, 2.05) is 12.1 Å². The molecule has 4 aliphatic rings. The van der Waals surface area contributed by atoms with Crippen molar-refractivity contribution < 1.29 is 41.7 Å². The lowest BCUT2D eigenvalue weighted by atomic mass is 10.0. The second-order valence-electron chi connectivity index (χ2n) is 16.2. The number of unbranched alkanes of at least 4 members (excludes halogenated alkanes) is 1. The van der Waals surface area contributed by atoms with Gasteiger partial charge in [-0.2, -0.15) is 23.3 Å². The van der Waals surface area contributed by atoms with Crippen LogP contribution in [0, 0.1) is 0 Å². The minimum Gasteiger partial charge on any atom is -0.368 e. The molecule has 4 aromatic heterocycles. The Morgan fingerprint density at radius 2 is 1.75 bits per heavy atom. The molecule has 7 heterocycles. The summed E-state index contributed by atoms with van der Waals surface area (Å²) in [7, 11) is 0. The van der Waals surface area contributed by atoms with E-state index in [9.17, 15) is 37.1 Å². The van der Waals surface area contributed by atoms with E-state index in [0.29, 0.717) is 62.3 Å². The number of halogens is 3. The van der Waals surface area contributed by atoms with E-state index in [4.69, 9.17) is 4.52 Å². The van der Waals surface area contributed by atoms with Gasteiger partial charge in [-0.25, -0.2) is 19.3 Å². The van der Waals surface area contributed by atoms with Gasteiger partial charge in [0.15, 0.2) is 5.65 Å². The van der Waals surface area contributed by atoms with Crippen molar-refractivity contribution >= 4 is 52.4 Å². The van der Waals surface area contributed by atoms with Crippen molar-refractivity contribution in [1.82, 2.24) is 44.8 Å². The number of pyridine rings is 1. The normalized spacial score (nSPS) is 18.3. The number of piperazine rings is 1. The average molecular weight is 869 g/mol. The van der Waals surface area contributed by atoms with Gasteiger partial charge >= 0.3 is 12.2 Å². The van der Waals surface area contributed by atoms with Crippen molar-refractivity contribution in [1.29, 1.82) is 0 Å². The molecular weight excluding hydrogens is 826 g/mol. The Hall–Kier alpha value is -6.93. The van der Waals surface area contributed by atoms with E-state index >= 15 is 0 Å². The number of imide groups is 1. The van der Waals surface area contributed by atoms with Gasteiger partial charge in [0.1, 0.15) is 11.7 Å². The summed E-state index contributed by atoms with van der Waals surface area (Å²) in [6, 6.07) is 6.64. The van der Waals surface area contributed by atoms with Crippen molar-refractivity contribution in [2.24, 2.45) is 0 Å². The molecule has 1 aliphatic carbocycles. The zero-order chi connectivity index (χ0) is 43.8. The first-order valence-electron chi connectivity index (χ1n) is 21.0. The molecule has 328 valence electrons. The Labute approximate surface area is 357 Å². The van der Waals surface area contributed by atoms with Crippen LogP contribution < -0.4 is 20.9 Å². The van der Waals surface area contributed by atoms with Gasteiger partial charge in [-0.05, 0) is 61.9 Å². The third-order valence-electron chi connectivity index (χ3n) is 12.1. The Kier molecular flexibility index (Phi) is 11.2. The SMILES string of the molecule is O=C1CCC(N2Cc3cc(N4CCN(C(=O)CCCCc5nc(-c6ncc(NC(=O)Nc7cnc8ccnn8c7C7CCCC7)cc6C(F)(F)F)no5)CC4)ccc3C2=O)C(=O)N1. The molecule has 0 spiro atoms. The Morgan fingerprint density at radius 3 is 2.52 bits per heavy atom. The van der Waals surface area contributed by atoms with Gasteiger partial charge in [0.05, 0.1) is 41.2 Å². The van der Waals surface area contributed by atoms with Crippen LogP contribution in [0.3, 0.4) is 0 Å². The number of piperidine rings is 1. The molecule has 5 aromatic rings. The molecule has 0 radical (unpaired) electrons. The van der Waals surface area contributed by atoms with Gasteiger partial charge < -0.3 is 29.9 Å². The molecule has 3 aliphatic heterocycles. The number of amides is 6. The van der Waals surface area contributed by atoms with E-state index in [1.165, 1.54) is 11.1 Å². The monoisotopic (exact) mass is 868 g/mol. The summed E-state index contributed by atoms with van der Waals surface area (Å²) >= 11 is 0. The van der Waals surface area contributed by atoms with Crippen molar-refractivity contribution in [2.45, 2.75) is 88.9 Å². The van der Waals surface area contributed by atoms with Gasteiger partial charge in [0.2, 0.25) is 29.4 Å². The maximum absolute atomic E-state index is 14.3. The maximum atomic E-state index is 14.3. The summed E-state index contributed by atoms with van der Waals surface area (Å²) in [5, 5.41) is 15.6. The minimum absolute atomic E-state index is 0.0217. The number of carbonyl (C=O) groups is 5. The summed E-state index contributed by atoms with van der Waals surface area (Å²) < 4.78 is 50.0. The number of carbonyl (C=O) groups excluding carboxylic acids is 5. The number of nitrogens with zero attached hydrogens (tertiary/aromatic N) is 9. The Morgan fingerprint density at radius 1 is 0.937 bits per heavy atom. The lowest BCUT2D eigenvalue weighted by molar-refractivity contribution is -0.138. The second-order valence-corrected chi connectivity index (χ2v) is 16.2. The molecule has 6 amide bonds. The highest BCUT2D eigenvalue weighted by atomic mass is 19.4. The average Bonchev–Trinajstić information content (AvgIpc) is 4.11. The number of urea groups is 1. The third kappa shape index (κ3) is 8.63. The summed E-state index contributed by atoms with van der Waals surface area (Å²) in [4.78, 5) is 81.2. The predicted octanol–water partition coefficient (Wildman–Crippen LogP) is 5.32. The van der Waals surface area contributed by atoms with Crippen LogP contribution in [-0.2, 0) is 33.5 Å². The number of benzene rings is 1. The fourth-order valence-corrected chi connectivity index (χ4v) is 8.93. The lowest BCUT2D eigenvalue weighted by Gasteiger charge is -2.36. The quantitative estimate of drug-likeness (QED) is 0.114. The number of hydrogen-bond acceptors (Lipinski definition) is 12. The van der Waals surface area contributed by atoms with Gasteiger partial charge in [-0.1, -0.05) is 18.0 Å². The maximum Gasteiger partial charge on any atom is 0.418 e. The third-order valence-corrected chi connectivity index (χ3v) is 12.1. The number of aromatic nitrogens is 6. The number of aryl methyl sites for hydroxylation is 1. The molecule has 3 fully saturated rings. The number of alkyl halides is 3. The number of nitrogens with one attached hydrogen (secondary N) is 3. The highest BCUT2D eigenvalue weighted by molar-refractivity contribution is 6.05. The summed E-state index contributed by atoms with van der Waals surface area (Å²) in [5.74, 6) is -1.17. The smallest absolute Gasteiger partial charge is 0.368 e.